The summed E-state index contributed by atoms with van der Waals surface area (Å²) in [5, 5.41) is 0.359. The second-order valence-electron chi connectivity index (χ2n) is 3.58. The molecule has 18 heavy (non-hydrogen) atoms. The van der Waals surface area contributed by atoms with E-state index in [4.69, 9.17) is 11.6 Å². The number of nitrogens with zero attached hydrogens (tertiary/aromatic N) is 2. The third-order valence-electron chi connectivity index (χ3n) is 2.39. The monoisotopic (exact) mass is 392 g/mol. The molecule has 0 aliphatic rings. The lowest BCUT2D eigenvalue weighted by molar-refractivity contribution is 0.621. The van der Waals surface area contributed by atoms with Crippen LogP contribution in [0.4, 0.5) is 4.39 Å². The number of benzene rings is 1. The minimum Gasteiger partial charge on any atom is -0.232 e. The van der Waals surface area contributed by atoms with Gasteiger partial charge in [-0.1, -0.05) is 18.5 Å². The van der Waals surface area contributed by atoms with E-state index in [0.717, 1.165) is 12.1 Å². The normalized spacial score (nSPS) is 10.7. The van der Waals surface area contributed by atoms with Crippen LogP contribution in [0.5, 0.6) is 0 Å². The lowest BCUT2D eigenvalue weighted by Gasteiger charge is -2.07. The fraction of sp³-hybridized carbons (Fsp3) is 0.167. The van der Waals surface area contributed by atoms with Gasteiger partial charge in [-0.05, 0) is 56.5 Å². The van der Waals surface area contributed by atoms with E-state index in [9.17, 15) is 4.39 Å². The lowest BCUT2D eigenvalue weighted by Crippen LogP contribution is -1.97. The first-order chi connectivity index (χ1) is 8.52. The highest BCUT2D eigenvalue weighted by Gasteiger charge is 2.12. The zero-order chi connectivity index (χ0) is 13.3. The van der Waals surface area contributed by atoms with Crippen LogP contribution >= 0.6 is 43.5 Å². The predicted molar refractivity (Wildman–Crippen MR) is 77.2 cm³/mol. The molecule has 0 aliphatic heterocycles. The van der Waals surface area contributed by atoms with Gasteiger partial charge in [0.05, 0.1) is 14.6 Å². The van der Waals surface area contributed by atoms with Gasteiger partial charge in [0.15, 0.2) is 5.82 Å². The van der Waals surface area contributed by atoms with Gasteiger partial charge in [0, 0.05) is 5.56 Å². The van der Waals surface area contributed by atoms with Crippen molar-refractivity contribution in [3.8, 4) is 11.4 Å². The van der Waals surface area contributed by atoms with Gasteiger partial charge in [0.25, 0.3) is 0 Å². The molecule has 0 N–H and O–H groups in total. The number of hydrogen-bond donors (Lipinski definition) is 0. The number of aryl methyl sites for hydroxylation is 1. The first-order valence-electron chi connectivity index (χ1n) is 5.20. The molecule has 0 aliphatic carbocycles. The minimum absolute atomic E-state index is 0.322. The molecule has 6 heteroatoms. The summed E-state index contributed by atoms with van der Waals surface area (Å²) in [5.74, 6) is 0.165. The molecular weight excluding hydrogens is 386 g/mol. The van der Waals surface area contributed by atoms with Crippen LogP contribution in [-0.2, 0) is 6.42 Å². The molecule has 0 atom stereocenters. The Morgan fingerprint density at radius 3 is 2.61 bits per heavy atom. The standard InChI is InChI=1S/C12H8Br2ClFN2/c1-2-9-10(14)11(15)18-12(17-9)6-3-4-8(16)7(13)5-6/h3-5H,2H2,1H3. The molecule has 1 aromatic heterocycles. The molecule has 1 heterocycles. The van der Waals surface area contributed by atoms with Gasteiger partial charge in [0.1, 0.15) is 11.0 Å². The maximum absolute atomic E-state index is 13.2. The highest BCUT2D eigenvalue weighted by atomic mass is 79.9. The van der Waals surface area contributed by atoms with Crippen molar-refractivity contribution in [3.63, 3.8) is 0 Å². The fourth-order valence-corrected chi connectivity index (χ4v) is 2.49. The molecule has 2 rings (SSSR count). The predicted octanol–water partition coefficient (Wildman–Crippen LogP) is 5.02. The highest BCUT2D eigenvalue weighted by Crippen LogP contribution is 2.28. The van der Waals surface area contributed by atoms with E-state index in [1.165, 1.54) is 6.07 Å². The van der Waals surface area contributed by atoms with E-state index >= 15 is 0 Å². The average molecular weight is 394 g/mol. The van der Waals surface area contributed by atoms with Crippen molar-refractivity contribution in [3.05, 3.63) is 43.8 Å². The van der Waals surface area contributed by atoms with Crippen molar-refractivity contribution in [1.29, 1.82) is 0 Å². The summed E-state index contributed by atoms with van der Waals surface area (Å²) in [4.78, 5) is 8.59. The second-order valence-corrected chi connectivity index (χ2v) is 5.59. The Morgan fingerprint density at radius 2 is 2.00 bits per heavy atom. The van der Waals surface area contributed by atoms with Crippen molar-refractivity contribution < 1.29 is 4.39 Å². The van der Waals surface area contributed by atoms with Crippen LogP contribution in [0.1, 0.15) is 12.6 Å². The van der Waals surface area contributed by atoms with Crippen LogP contribution in [0.15, 0.2) is 27.1 Å². The van der Waals surface area contributed by atoms with E-state index in [1.807, 2.05) is 6.92 Å². The van der Waals surface area contributed by atoms with Gasteiger partial charge in [-0.2, -0.15) is 0 Å². The molecule has 2 aromatic rings. The Hall–Kier alpha value is -0.520. The van der Waals surface area contributed by atoms with Crippen molar-refractivity contribution in [2.75, 3.05) is 0 Å². The van der Waals surface area contributed by atoms with Crippen LogP contribution in [-0.4, -0.2) is 9.97 Å². The summed E-state index contributed by atoms with van der Waals surface area (Å²) in [6.07, 6.45) is 0.734. The molecule has 0 spiro atoms. The fourth-order valence-electron chi connectivity index (χ4n) is 1.46. The molecule has 0 radical (unpaired) electrons. The molecule has 2 nitrogen and oxygen atoms in total. The summed E-state index contributed by atoms with van der Waals surface area (Å²) >= 11 is 12.5. The summed E-state index contributed by atoms with van der Waals surface area (Å²) in [5.41, 5.74) is 1.54. The van der Waals surface area contributed by atoms with E-state index < -0.39 is 0 Å². The zero-order valence-corrected chi connectivity index (χ0v) is 13.3. The smallest absolute Gasteiger partial charge is 0.161 e. The maximum atomic E-state index is 13.2. The average Bonchev–Trinajstić information content (AvgIpc) is 2.36. The van der Waals surface area contributed by atoms with Crippen molar-refractivity contribution in [2.24, 2.45) is 0 Å². The molecular formula is C12H8Br2ClFN2. The van der Waals surface area contributed by atoms with E-state index in [0.29, 0.717) is 25.5 Å². The van der Waals surface area contributed by atoms with E-state index in [-0.39, 0.29) is 5.82 Å². The Labute approximate surface area is 126 Å². The van der Waals surface area contributed by atoms with Gasteiger partial charge in [-0.15, -0.1) is 0 Å². The number of hydrogen-bond acceptors (Lipinski definition) is 2. The third kappa shape index (κ3) is 2.73. The summed E-state index contributed by atoms with van der Waals surface area (Å²) in [6.45, 7) is 1.98. The van der Waals surface area contributed by atoms with Crippen LogP contribution < -0.4 is 0 Å². The lowest BCUT2D eigenvalue weighted by atomic mass is 10.2. The summed E-state index contributed by atoms with van der Waals surface area (Å²) < 4.78 is 14.3. The number of rotatable bonds is 2. The van der Waals surface area contributed by atoms with Gasteiger partial charge in [-0.25, -0.2) is 14.4 Å². The second kappa shape index (κ2) is 5.63. The molecule has 0 amide bonds. The topological polar surface area (TPSA) is 25.8 Å². The number of aromatic nitrogens is 2. The molecule has 0 saturated heterocycles. The zero-order valence-electron chi connectivity index (χ0n) is 9.35. The summed E-state index contributed by atoms with van der Waals surface area (Å²) in [7, 11) is 0. The van der Waals surface area contributed by atoms with E-state index in [1.54, 1.807) is 12.1 Å². The van der Waals surface area contributed by atoms with Crippen molar-refractivity contribution in [1.82, 2.24) is 9.97 Å². The Balaban J connectivity index is 2.57. The Bertz CT molecular complexity index is 605. The van der Waals surface area contributed by atoms with Crippen LogP contribution in [0, 0.1) is 5.82 Å². The molecule has 0 unspecified atom stereocenters. The third-order valence-corrected chi connectivity index (χ3v) is 4.33. The SMILES string of the molecule is CCc1nc(-c2ccc(F)c(Br)c2)nc(Cl)c1Br. The quantitative estimate of drug-likeness (QED) is 0.668. The highest BCUT2D eigenvalue weighted by molar-refractivity contribution is 9.10. The first-order valence-corrected chi connectivity index (χ1v) is 7.16. The van der Waals surface area contributed by atoms with Crippen molar-refractivity contribution >= 4 is 43.5 Å². The molecule has 94 valence electrons. The van der Waals surface area contributed by atoms with Gasteiger partial charge in [-0.3, -0.25) is 0 Å². The van der Waals surface area contributed by atoms with Gasteiger partial charge in [0.2, 0.25) is 0 Å². The maximum Gasteiger partial charge on any atom is 0.161 e. The molecule has 0 bridgehead atoms. The van der Waals surface area contributed by atoms with Crippen molar-refractivity contribution in [2.45, 2.75) is 13.3 Å². The minimum atomic E-state index is -0.322. The molecule has 0 saturated carbocycles. The molecule has 0 fully saturated rings. The van der Waals surface area contributed by atoms with Crippen LogP contribution in [0.25, 0.3) is 11.4 Å². The van der Waals surface area contributed by atoms with Gasteiger partial charge < -0.3 is 0 Å². The number of halogens is 4. The first kappa shape index (κ1) is 13.9. The Kier molecular flexibility index (Phi) is 4.35. The van der Waals surface area contributed by atoms with Crippen LogP contribution in [0.3, 0.4) is 0 Å². The largest absolute Gasteiger partial charge is 0.232 e. The van der Waals surface area contributed by atoms with Crippen LogP contribution in [0.2, 0.25) is 5.15 Å². The Morgan fingerprint density at radius 1 is 1.28 bits per heavy atom. The van der Waals surface area contributed by atoms with Gasteiger partial charge >= 0.3 is 0 Å². The summed E-state index contributed by atoms with van der Waals surface area (Å²) in [6, 6.07) is 4.62. The van der Waals surface area contributed by atoms with E-state index in [2.05, 4.69) is 41.8 Å². The molecule has 1 aromatic carbocycles.